The van der Waals surface area contributed by atoms with Gasteiger partial charge in [0.15, 0.2) is 0 Å². The van der Waals surface area contributed by atoms with E-state index in [1.165, 1.54) is 0 Å². The highest BCUT2D eigenvalue weighted by molar-refractivity contribution is 6.30. The largest absolute Gasteiger partial charge is 0.362 e. The van der Waals surface area contributed by atoms with Gasteiger partial charge >= 0.3 is 0 Å². The first-order chi connectivity index (χ1) is 8.78. The molecule has 2 aromatic rings. The summed E-state index contributed by atoms with van der Waals surface area (Å²) in [6, 6.07) is 5.90. The summed E-state index contributed by atoms with van der Waals surface area (Å²) in [6.45, 7) is 3.25. The SMILES string of the molecule is NCc1cc(Cl)ccc1N1CCn2ccnc2C1. The molecule has 1 aromatic carbocycles. The van der Waals surface area contributed by atoms with E-state index in [0.717, 1.165) is 41.7 Å². The molecule has 0 radical (unpaired) electrons. The Morgan fingerprint density at radius 3 is 3.06 bits per heavy atom. The van der Waals surface area contributed by atoms with E-state index in [1.54, 1.807) is 0 Å². The van der Waals surface area contributed by atoms with Crippen LogP contribution in [-0.2, 0) is 19.6 Å². The van der Waals surface area contributed by atoms with Gasteiger partial charge in [0, 0.05) is 42.7 Å². The third-order valence-corrected chi connectivity index (χ3v) is 3.58. The van der Waals surface area contributed by atoms with E-state index in [-0.39, 0.29) is 0 Å². The Labute approximate surface area is 111 Å². The average molecular weight is 263 g/mol. The molecule has 2 N–H and O–H groups in total. The van der Waals surface area contributed by atoms with Gasteiger partial charge in [0.2, 0.25) is 0 Å². The van der Waals surface area contributed by atoms with Gasteiger partial charge < -0.3 is 15.2 Å². The average Bonchev–Trinajstić information content (AvgIpc) is 2.85. The number of nitrogens with zero attached hydrogens (tertiary/aromatic N) is 3. The molecule has 3 rings (SSSR count). The molecule has 0 atom stereocenters. The highest BCUT2D eigenvalue weighted by atomic mass is 35.5. The minimum Gasteiger partial charge on any atom is -0.362 e. The second kappa shape index (κ2) is 4.63. The lowest BCUT2D eigenvalue weighted by molar-refractivity contribution is 0.559. The van der Waals surface area contributed by atoms with Gasteiger partial charge in [-0.05, 0) is 23.8 Å². The molecule has 1 aromatic heterocycles. The summed E-state index contributed by atoms with van der Waals surface area (Å²) in [6.07, 6.45) is 3.88. The molecule has 0 saturated heterocycles. The monoisotopic (exact) mass is 262 g/mol. The molecule has 5 heteroatoms. The van der Waals surface area contributed by atoms with Crippen LogP contribution >= 0.6 is 11.6 Å². The molecule has 0 fully saturated rings. The lowest BCUT2D eigenvalue weighted by Crippen LogP contribution is -2.34. The van der Waals surface area contributed by atoms with Crippen molar-refractivity contribution in [2.45, 2.75) is 19.6 Å². The smallest absolute Gasteiger partial charge is 0.128 e. The van der Waals surface area contributed by atoms with Crippen molar-refractivity contribution in [2.24, 2.45) is 5.73 Å². The Kier molecular flexibility index (Phi) is 2.97. The number of imidazole rings is 1. The van der Waals surface area contributed by atoms with Gasteiger partial charge in [-0.1, -0.05) is 11.6 Å². The Morgan fingerprint density at radius 1 is 1.33 bits per heavy atom. The van der Waals surface area contributed by atoms with E-state index in [2.05, 4.69) is 14.5 Å². The standard InChI is InChI=1S/C13H15ClN4/c14-11-1-2-12(10(7-11)8-15)18-6-5-17-4-3-16-13(17)9-18/h1-4,7H,5-6,8-9,15H2. The zero-order chi connectivity index (χ0) is 12.5. The Morgan fingerprint density at radius 2 is 2.22 bits per heavy atom. The Bertz CT molecular complexity index is 564. The van der Waals surface area contributed by atoms with Crippen molar-refractivity contribution < 1.29 is 0 Å². The van der Waals surface area contributed by atoms with Crippen molar-refractivity contribution in [3.63, 3.8) is 0 Å². The van der Waals surface area contributed by atoms with Crippen molar-refractivity contribution in [1.82, 2.24) is 9.55 Å². The molecule has 0 bridgehead atoms. The lowest BCUT2D eigenvalue weighted by atomic mass is 10.1. The molecule has 0 amide bonds. The zero-order valence-corrected chi connectivity index (χ0v) is 10.8. The molecule has 94 valence electrons. The van der Waals surface area contributed by atoms with Gasteiger partial charge in [0.1, 0.15) is 5.82 Å². The summed E-state index contributed by atoms with van der Waals surface area (Å²) in [7, 11) is 0. The first-order valence-electron chi connectivity index (χ1n) is 6.01. The van der Waals surface area contributed by atoms with E-state index in [4.69, 9.17) is 17.3 Å². The topological polar surface area (TPSA) is 47.1 Å². The van der Waals surface area contributed by atoms with Crippen LogP contribution in [0.4, 0.5) is 5.69 Å². The number of aromatic nitrogens is 2. The summed E-state index contributed by atoms with van der Waals surface area (Å²) in [5.41, 5.74) is 8.04. The maximum Gasteiger partial charge on any atom is 0.128 e. The Balaban J connectivity index is 1.93. The predicted octanol–water partition coefficient (Wildman–Crippen LogP) is 2.02. The first kappa shape index (κ1) is 11.6. The quantitative estimate of drug-likeness (QED) is 0.901. The zero-order valence-electron chi connectivity index (χ0n) is 10.0. The van der Waals surface area contributed by atoms with Gasteiger partial charge in [-0.15, -0.1) is 0 Å². The summed E-state index contributed by atoms with van der Waals surface area (Å²) >= 11 is 6.01. The number of hydrogen-bond acceptors (Lipinski definition) is 3. The summed E-state index contributed by atoms with van der Waals surface area (Å²) in [5.74, 6) is 1.10. The number of nitrogens with two attached hydrogens (primary N) is 1. The van der Waals surface area contributed by atoms with Gasteiger partial charge in [-0.2, -0.15) is 0 Å². The molecule has 0 unspecified atom stereocenters. The number of rotatable bonds is 2. The van der Waals surface area contributed by atoms with Crippen LogP contribution in [0.25, 0.3) is 0 Å². The van der Waals surface area contributed by atoms with Crippen LogP contribution in [0.5, 0.6) is 0 Å². The van der Waals surface area contributed by atoms with Crippen LogP contribution in [0.2, 0.25) is 5.02 Å². The van der Waals surface area contributed by atoms with Crippen LogP contribution in [0.3, 0.4) is 0 Å². The third-order valence-electron chi connectivity index (χ3n) is 3.35. The molecule has 0 saturated carbocycles. The summed E-state index contributed by atoms with van der Waals surface area (Å²) < 4.78 is 2.19. The van der Waals surface area contributed by atoms with Crippen molar-refractivity contribution in [1.29, 1.82) is 0 Å². The Hall–Kier alpha value is -1.52. The molecule has 1 aliphatic heterocycles. The summed E-state index contributed by atoms with van der Waals surface area (Å²) in [5, 5.41) is 0.734. The van der Waals surface area contributed by atoms with E-state index in [1.807, 2.05) is 30.6 Å². The number of fused-ring (bicyclic) bond motifs is 1. The number of hydrogen-bond donors (Lipinski definition) is 1. The normalized spacial score (nSPS) is 14.7. The molecule has 0 aliphatic carbocycles. The van der Waals surface area contributed by atoms with Crippen molar-refractivity contribution >= 4 is 17.3 Å². The fourth-order valence-electron chi connectivity index (χ4n) is 2.41. The first-order valence-corrected chi connectivity index (χ1v) is 6.39. The van der Waals surface area contributed by atoms with Crippen LogP contribution in [0, 0.1) is 0 Å². The fourth-order valence-corrected chi connectivity index (χ4v) is 2.60. The van der Waals surface area contributed by atoms with Gasteiger partial charge in [0.25, 0.3) is 0 Å². The fraction of sp³-hybridized carbons (Fsp3) is 0.308. The second-order valence-corrected chi connectivity index (χ2v) is 4.87. The van der Waals surface area contributed by atoms with E-state index in [9.17, 15) is 0 Å². The minimum absolute atomic E-state index is 0.501. The minimum atomic E-state index is 0.501. The number of halogens is 1. The van der Waals surface area contributed by atoms with E-state index in [0.29, 0.717) is 6.54 Å². The number of anilines is 1. The van der Waals surface area contributed by atoms with Crippen LogP contribution in [-0.4, -0.2) is 16.1 Å². The molecular weight excluding hydrogens is 248 g/mol. The summed E-state index contributed by atoms with van der Waals surface area (Å²) in [4.78, 5) is 6.68. The molecule has 0 spiro atoms. The van der Waals surface area contributed by atoms with Crippen LogP contribution in [0.15, 0.2) is 30.6 Å². The maximum absolute atomic E-state index is 6.01. The molecule has 1 aliphatic rings. The lowest BCUT2D eigenvalue weighted by Gasteiger charge is -2.31. The number of benzene rings is 1. The second-order valence-electron chi connectivity index (χ2n) is 4.44. The maximum atomic E-state index is 6.01. The molecule has 4 nitrogen and oxygen atoms in total. The van der Waals surface area contributed by atoms with Crippen molar-refractivity contribution in [3.05, 3.63) is 47.0 Å². The van der Waals surface area contributed by atoms with Gasteiger partial charge in [0.05, 0.1) is 6.54 Å². The van der Waals surface area contributed by atoms with Gasteiger partial charge in [-0.25, -0.2) is 4.98 Å². The molecule has 2 heterocycles. The van der Waals surface area contributed by atoms with Gasteiger partial charge in [-0.3, -0.25) is 0 Å². The van der Waals surface area contributed by atoms with Crippen molar-refractivity contribution in [2.75, 3.05) is 11.4 Å². The van der Waals surface area contributed by atoms with Crippen LogP contribution < -0.4 is 10.6 Å². The highest BCUT2D eigenvalue weighted by Gasteiger charge is 2.18. The highest BCUT2D eigenvalue weighted by Crippen LogP contribution is 2.26. The van der Waals surface area contributed by atoms with E-state index < -0.39 is 0 Å². The predicted molar refractivity (Wildman–Crippen MR) is 72.6 cm³/mol. The van der Waals surface area contributed by atoms with Crippen LogP contribution in [0.1, 0.15) is 11.4 Å². The third kappa shape index (κ3) is 1.98. The van der Waals surface area contributed by atoms with E-state index >= 15 is 0 Å². The molecular formula is C13H15ClN4. The van der Waals surface area contributed by atoms with Crippen molar-refractivity contribution in [3.8, 4) is 0 Å². The molecule has 18 heavy (non-hydrogen) atoms.